The van der Waals surface area contributed by atoms with E-state index in [1.54, 1.807) is 30.3 Å². The Morgan fingerprint density at radius 3 is 2.33 bits per heavy atom. The first-order chi connectivity index (χ1) is 18.5. The highest BCUT2D eigenvalue weighted by Gasteiger charge is 2.44. The summed E-state index contributed by atoms with van der Waals surface area (Å²) in [5.41, 5.74) is 12.1. The van der Waals surface area contributed by atoms with Crippen LogP contribution >= 0.6 is 0 Å². The molecule has 1 fully saturated rings. The molecule has 1 saturated heterocycles. The van der Waals surface area contributed by atoms with Gasteiger partial charge >= 0.3 is 5.97 Å². The number of unbranched alkanes of at least 4 members (excludes halogenated alkanes) is 1. The first-order valence-corrected chi connectivity index (χ1v) is 13.4. The molecule has 3 amide bonds. The molecule has 1 aliphatic heterocycles. The van der Waals surface area contributed by atoms with Gasteiger partial charge in [-0.1, -0.05) is 45.0 Å². The van der Waals surface area contributed by atoms with Gasteiger partial charge in [0.05, 0.1) is 0 Å². The van der Waals surface area contributed by atoms with Gasteiger partial charge in [-0.15, -0.1) is 0 Å². The second-order valence-corrected chi connectivity index (χ2v) is 10.3. The zero-order valence-electron chi connectivity index (χ0n) is 23.2. The van der Waals surface area contributed by atoms with E-state index in [4.69, 9.17) is 11.5 Å². The number of carboxylic acid groups (broad SMARTS) is 1. The molecule has 11 nitrogen and oxygen atoms in total. The molecular formula is C28H42N6O5. The monoisotopic (exact) mass is 542 g/mol. The third kappa shape index (κ3) is 9.12. The Morgan fingerprint density at radius 2 is 1.77 bits per heavy atom. The Hall–Kier alpha value is -3.89. The van der Waals surface area contributed by atoms with Crippen molar-refractivity contribution in [2.75, 3.05) is 13.1 Å². The van der Waals surface area contributed by atoms with E-state index in [1.165, 1.54) is 4.90 Å². The number of rotatable bonds is 13. The van der Waals surface area contributed by atoms with Crippen LogP contribution in [-0.2, 0) is 14.4 Å². The average Bonchev–Trinajstić information content (AvgIpc) is 3.23. The van der Waals surface area contributed by atoms with Crippen molar-refractivity contribution in [1.29, 1.82) is 0 Å². The van der Waals surface area contributed by atoms with Gasteiger partial charge in [-0.25, -0.2) is 4.79 Å². The minimum atomic E-state index is -1.12. The van der Waals surface area contributed by atoms with Crippen molar-refractivity contribution in [3.63, 3.8) is 0 Å². The first-order valence-electron chi connectivity index (χ1n) is 13.4. The second kappa shape index (κ2) is 14.9. The number of amides is 3. The van der Waals surface area contributed by atoms with Gasteiger partial charge in [0, 0.05) is 24.6 Å². The summed E-state index contributed by atoms with van der Waals surface area (Å²) in [5.74, 6) is -2.74. The normalized spacial score (nSPS) is 19.4. The molecule has 4 atom stereocenters. The summed E-state index contributed by atoms with van der Waals surface area (Å²) < 4.78 is 0. The van der Waals surface area contributed by atoms with Crippen molar-refractivity contribution < 1.29 is 24.3 Å². The topological polar surface area (TPSA) is 180 Å². The summed E-state index contributed by atoms with van der Waals surface area (Å²) in [7, 11) is 0. The lowest BCUT2D eigenvalue weighted by Crippen LogP contribution is -2.56. The number of aliphatic carboxylic acids is 1. The summed E-state index contributed by atoms with van der Waals surface area (Å²) in [6.07, 6.45) is 3.59. The Morgan fingerprint density at radius 1 is 1.10 bits per heavy atom. The summed E-state index contributed by atoms with van der Waals surface area (Å²) >= 11 is 0. The Kier molecular flexibility index (Phi) is 12.0. The minimum Gasteiger partial charge on any atom is -0.480 e. The molecule has 0 saturated carbocycles. The highest BCUT2D eigenvalue weighted by molar-refractivity contribution is 5.99. The van der Waals surface area contributed by atoms with Crippen molar-refractivity contribution in [1.82, 2.24) is 15.5 Å². The van der Waals surface area contributed by atoms with Crippen LogP contribution in [0.4, 0.5) is 0 Å². The van der Waals surface area contributed by atoms with Gasteiger partial charge in [0.25, 0.3) is 5.91 Å². The molecule has 1 aromatic rings. The highest BCUT2D eigenvalue weighted by atomic mass is 16.4. The van der Waals surface area contributed by atoms with Gasteiger partial charge in [0.15, 0.2) is 5.96 Å². The van der Waals surface area contributed by atoms with Gasteiger partial charge < -0.3 is 32.1 Å². The van der Waals surface area contributed by atoms with Crippen LogP contribution in [-0.4, -0.2) is 70.9 Å². The molecule has 1 aromatic carbocycles. The fourth-order valence-electron chi connectivity index (χ4n) is 4.76. The quantitative estimate of drug-likeness (QED) is 0.109. The number of benzene rings is 1. The van der Waals surface area contributed by atoms with Gasteiger partial charge in [0.1, 0.15) is 18.1 Å². The largest absolute Gasteiger partial charge is 0.480 e. The molecular weight excluding hydrogens is 500 g/mol. The maximum Gasteiger partial charge on any atom is 0.326 e. The first kappa shape index (κ1) is 31.3. The third-order valence-electron chi connectivity index (χ3n) is 6.83. The highest BCUT2D eigenvalue weighted by Crippen LogP contribution is 2.30. The number of carbonyl (C=O) groups is 4. The zero-order chi connectivity index (χ0) is 29.1. The molecule has 214 valence electrons. The predicted molar refractivity (Wildman–Crippen MR) is 150 cm³/mol. The van der Waals surface area contributed by atoms with Crippen molar-refractivity contribution in [2.45, 2.75) is 71.5 Å². The summed E-state index contributed by atoms with van der Waals surface area (Å²) in [6.45, 7) is 8.03. The van der Waals surface area contributed by atoms with E-state index in [-0.39, 0.29) is 30.8 Å². The molecule has 0 aliphatic carbocycles. The number of likely N-dealkylation sites (tertiary alicyclic amines) is 1. The van der Waals surface area contributed by atoms with E-state index in [9.17, 15) is 24.3 Å². The molecule has 0 radical (unpaired) electrons. The lowest BCUT2D eigenvalue weighted by atomic mass is 9.96. The standard InChI is InChI=1S/C28H42N6O5/c1-5-19-16-34(23(18(19)4)25(36)33-22(27(38)39)15-17(2)3)26(37)21(13-9-10-14-31-28(29)30)32-24(35)20-11-7-6-8-12-20/h5-8,11-12,17-18,21-23H,9-10,13-16H2,1-4H3,(H,32,35)(H,33,36)(H,38,39)(H4,29,30,31)/b19-5+/t18-,21-,22-,23+/m0/s1. The molecule has 0 unspecified atom stereocenters. The van der Waals surface area contributed by atoms with Crippen molar-refractivity contribution in [2.24, 2.45) is 28.3 Å². The molecule has 0 spiro atoms. The van der Waals surface area contributed by atoms with Crippen LogP contribution in [0.25, 0.3) is 0 Å². The molecule has 11 heteroatoms. The summed E-state index contributed by atoms with van der Waals surface area (Å²) in [4.78, 5) is 57.6. The fourth-order valence-corrected chi connectivity index (χ4v) is 4.76. The van der Waals surface area contributed by atoms with Crippen LogP contribution in [0, 0.1) is 11.8 Å². The molecule has 39 heavy (non-hydrogen) atoms. The molecule has 0 bridgehead atoms. The molecule has 7 N–H and O–H groups in total. The predicted octanol–water partition coefficient (Wildman–Crippen LogP) is 1.64. The smallest absolute Gasteiger partial charge is 0.326 e. The number of nitrogens with two attached hydrogens (primary N) is 2. The molecule has 1 heterocycles. The lowest BCUT2D eigenvalue weighted by molar-refractivity contribution is -0.145. The van der Waals surface area contributed by atoms with Gasteiger partial charge in [-0.2, -0.15) is 0 Å². The Labute approximate surface area is 230 Å². The number of allylic oxidation sites excluding steroid dienone is 1. The van der Waals surface area contributed by atoms with Crippen LogP contribution in [0.1, 0.15) is 63.7 Å². The van der Waals surface area contributed by atoms with E-state index < -0.39 is 41.8 Å². The third-order valence-corrected chi connectivity index (χ3v) is 6.83. The van der Waals surface area contributed by atoms with Crippen LogP contribution in [0.5, 0.6) is 0 Å². The number of aliphatic imine (C=N–C) groups is 1. The Bertz CT molecular complexity index is 1070. The van der Waals surface area contributed by atoms with Crippen molar-refractivity contribution in [3.8, 4) is 0 Å². The minimum absolute atomic E-state index is 0.0177. The van der Waals surface area contributed by atoms with E-state index >= 15 is 0 Å². The number of carbonyl (C=O) groups excluding carboxylic acids is 3. The number of carboxylic acids is 1. The van der Waals surface area contributed by atoms with E-state index in [2.05, 4.69) is 15.6 Å². The van der Waals surface area contributed by atoms with Gasteiger partial charge in [-0.05, 0) is 56.2 Å². The number of nitrogens with zero attached hydrogens (tertiary/aromatic N) is 2. The zero-order valence-corrected chi connectivity index (χ0v) is 23.2. The van der Waals surface area contributed by atoms with Crippen molar-refractivity contribution >= 4 is 29.7 Å². The fraction of sp³-hybridized carbons (Fsp3) is 0.536. The number of hydrogen-bond acceptors (Lipinski definition) is 5. The molecule has 1 aliphatic rings. The average molecular weight is 543 g/mol. The van der Waals surface area contributed by atoms with E-state index in [0.29, 0.717) is 31.4 Å². The maximum absolute atomic E-state index is 13.9. The molecule has 2 rings (SSSR count). The lowest BCUT2D eigenvalue weighted by Gasteiger charge is -2.30. The van der Waals surface area contributed by atoms with Gasteiger partial charge in [-0.3, -0.25) is 19.4 Å². The number of guanidine groups is 1. The number of hydrogen-bond donors (Lipinski definition) is 5. The summed E-state index contributed by atoms with van der Waals surface area (Å²) in [6, 6.07) is 5.69. The van der Waals surface area contributed by atoms with E-state index in [1.807, 2.05) is 33.8 Å². The van der Waals surface area contributed by atoms with Crippen LogP contribution < -0.4 is 22.1 Å². The molecule has 0 aromatic heterocycles. The summed E-state index contributed by atoms with van der Waals surface area (Å²) in [5, 5.41) is 15.1. The van der Waals surface area contributed by atoms with Crippen LogP contribution in [0.3, 0.4) is 0 Å². The Balaban J connectivity index is 2.30. The van der Waals surface area contributed by atoms with Gasteiger partial charge in [0.2, 0.25) is 11.8 Å². The SMILES string of the molecule is C/C=C1\CN(C(=O)[C@H](CCCCN=C(N)N)NC(=O)c2ccccc2)[C@@H](C(=O)N[C@@H](CC(C)C)C(=O)O)[C@H]1C. The van der Waals surface area contributed by atoms with Crippen LogP contribution in [0.2, 0.25) is 0 Å². The maximum atomic E-state index is 13.9. The van der Waals surface area contributed by atoms with E-state index in [0.717, 1.165) is 5.57 Å². The van der Waals surface area contributed by atoms with Crippen molar-refractivity contribution in [3.05, 3.63) is 47.5 Å². The second-order valence-electron chi connectivity index (χ2n) is 10.3. The number of nitrogens with one attached hydrogen (secondary N) is 2. The van der Waals surface area contributed by atoms with Crippen LogP contribution in [0.15, 0.2) is 47.0 Å².